The molecule has 0 saturated heterocycles. The molecule has 2 heterocycles. The van der Waals surface area contributed by atoms with Gasteiger partial charge in [0.2, 0.25) is 0 Å². The van der Waals surface area contributed by atoms with Crippen molar-refractivity contribution in [3.8, 4) is 10.6 Å². The second kappa shape index (κ2) is 14.1. The van der Waals surface area contributed by atoms with E-state index in [0.29, 0.717) is 29.2 Å². The third-order valence-electron chi connectivity index (χ3n) is 6.18. The quantitative estimate of drug-likeness (QED) is 0.0785. The molecule has 0 atom stereocenters. The molecule has 0 fully saturated rings. The smallest absolute Gasteiger partial charge is 0.346 e. The second-order valence-corrected chi connectivity index (χ2v) is 11.0. The van der Waals surface area contributed by atoms with Crippen LogP contribution in [0.25, 0.3) is 31.8 Å². The molecule has 0 N–H and O–H groups in total. The van der Waals surface area contributed by atoms with Crippen molar-refractivity contribution in [3.05, 3.63) is 78.2 Å². The molecule has 0 aliphatic heterocycles. The molecule has 2 aromatic heterocycles. The molecule has 11 heteroatoms. The number of benzene rings is 2. The van der Waals surface area contributed by atoms with Gasteiger partial charge in [-0.2, -0.15) is 0 Å². The van der Waals surface area contributed by atoms with Gasteiger partial charge >= 0.3 is 17.6 Å². The Balaban J connectivity index is 1.55. The summed E-state index contributed by atoms with van der Waals surface area (Å²) < 4.78 is 18.8. The molecule has 2 aromatic carbocycles. The van der Waals surface area contributed by atoms with Gasteiger partial charge in [-0.1, -0.05) is 13.2 Å². The summed E-state index contributed by atoms with van der Waals surface area (Å²) in [4.78, 5) is 43.7. The number of fused-ring (bicyclic) bond motifs is 2. The molecule has 4 aromatic rings. The molecule has 0 saturated carbocycles. The topological polar surface area (TPSA) is 102 Å². The zero-order chi connectivity index (χ0) is 29.4. The molecule has 0 spiro atoms. The van der Waals surface area contributed by atoms with Crippen LogP contribution in [0.15, 0.2) is 81.9 Å². The lowest BCUT2D eigenvalue weighted by molar-refractivity contribution is -0.137. The average molecular weight is 594 g/mol. The van der Waals surface area contributed by atoms with Gasteiger partial charge in [0.15, 0.2) is 0 Å². The first kappa shape index (κ1) is 30.0. The highest BCUT2D eigenvalue weighted by Crippen LogP contribution is 2.34. The van der Waals surface area contributed by atoms with Crippen molar-refractivity contribution < 1.29 is 23.5 Å². The summed E-state index contributed by atoms with van der Waals surface area (Å²) in [5, 5.41) is 1.41. The fraction of sp³-hybridized carbons (Fsp3) is 0.267. The molecule has 214 valence electrons. The third kappa shape index (κ3) is 7.63. The number of hydrogen-bond acceptors (Lipinski definition) is 11. The third-order valence-corrected chi connectivity index (χ3v) is 8.32. The molecule has 0 amide bonds. The molecule has 0 aliphatic carbocycles. The summed E-state index contributed by atoms with van der Waals surface area (Å²) in [5.41, 5.74) is 2.29. The number of aromatic nitrogens is 1. The first-order chi connectivity index (χ1) is 19.8. The minimum absolute atomic E-state index is 0.147. The van der Waals surface area contributed by atoms with Gasteiger partial charge in [0.25, 0.3) is 0 Å². The molecule has 4 rings (SSSR count). The molecule has 0 unspecified atom stereocenters. The fourth-order valence-corrected chi connectivity index (χ4v) is 6.09. The summed E-state index contributed by atoms with van der Waals surface area (Å²) >= 11 is 2.84. The van der Waals surface area contributed by atoms with Gasteiger partial charge in [-0.15, -0.1) is 11.3 Å². The monoisotopic (exact) mass is 593 g/mol. The lowest BCUT2D eigenvalue weighted by atomic mass is 10.1. The number of thiazole rings is 1. The first-order valence-corrected chi connectivity index (χ1v) is 14.7. The van der Waals surface area contributed by atoms with Crippen LogP contribution in [0.2, 0.25) is 0 Å². The Morgan fingerprint density at radius 2 is 1.68 bits per heavy atom. The lowest BCUT2D eigenvalue weighted by Crippen LogP contribution is -2.26. The van der Waals surface area contributed by atoms with Crippen LogP contribution in [0.5, 0.6) is 0 Å². The molecular weight excluding hydrogens is 562 g/mol. The van der Waals surface area contributed by atoms with Gasteiger partial charge in [-0.3, -0.25) is 0 Å². The summed E-state index contributed by atoms with van der Waals surface area (Å²) in [5.74, 6) is -1.01. The maximum atomic E-state index is 13.0. The predicted octanol–water partition coefficient (Wildman–Crippen LogP) is 5.68. The van der Waals surface area contributed by atoms with E-state index in [1.165, 1.54) is 23.3 Å². The highest BCUT2D eigenvalue weighted by atomic mass is 32.2. The van der Waals surface area contributed by atoms with Crippen LogP contribution >= 0.6 is 23.3 Å². The van der Waals surface area contributed by atoms with Gasteiger partial charge in [0.1, 0.15) is 23.8 Å². The molecule has 0 bridgehead atoms. The van der Waals surface area contributed by atoms with Crippen molar-refractivity contribution in [2.75, 3.05) is 44.3 Å². The number of rotatable bonds is 14. The summed E-state index contributed by atoms with van der Waals surface area (Å²) in [6.07, 6.45) is 2.22. The van der Waals surface area contributed by atoms with Crippen LogP contribution in [0.3, 0.4) is 0 Å². The zero-order valence-corrected chi connectivity index (χ0v) is 24.6. The number of esters is 2. The van der Waals surface area contributed by atoms with E-state index in [1.54, 1.807) is 0 Å². The Hall–Kier alpha value is -3.93. The van der Waals surface area contributed by atoms with E-state index >= 15 is 0 Å². The van der Waals surface area contributed by atoms with Gasteiger partial charge in [-0.25, -0.2) is 23.7 Å². The van der Waals surface area contributed by atoms with Gasteiger partial charge in [-0.05, 0) is 62.2 Å². The van der Waals surface area contributed by atoms with Crippen molar-refractivity contribution >= 4 is 62.1 Å². The zero-order valence-electron chi connectivity index (χ0n) is 23.0. The molecule has 0 aliphatic rings. The lowest BCUT2D eigenvalue weighted by Gasteiger charge is -2.20. The minimum Gasteiger partial charge on any atom is -0.461 e. The number of carbonyl (C=O) groups is 2. The normalized spacial score (nSPS) is 11.1. The van der Waals surface area contributed by atoms with Gasteiger partial charge in [0, 0.05) is 60.4 Å². The highest BCUT2D eigenvalue weighted by Gasteiger charge is 2.16. The van der Waals surface area contributed by atoms with E-state index in [0.717, 1.165) is 51.4 Å². The Kier molecular flexibility index (Phi) is 10.3. The largest absolute Gasteiger partial charge is 0.461 e. The standard InChI is InChI=1S/C30H31N3O6S2/c1-5-27(34)37-15-13-33(14-16-38-28(35)6-2)41-22-11-12-24-26(19-22)40-29(31-24)23-17-20-9-10-21(32(7-3)8-4)18-25(20)39-30(23)36/h5-6,9-12,17-19H,1-2,7-8,13-16H2,3-4H3. The number of carbonyl (C=O) groups excluding carboxylic acids is 2. The summed E-state index contributed by atoms with van der Waals surface area (Å²) in [6.45, 7) is 13.8. The van der Waals surface area contributed by atoms with Crippen LogP contribution < -0.4 is 10.5 Å². The number of anilines is 1. The van der Waals surface area contributed by atoms with Crippen molar-refractivity contribution in [1.29, 1.82) is 0 Å². The van der Waals surface area contributed by atoms with E-state index in [2.05, 4.69) is 31.9 Å². The van der Waals surface area contributed by atoms with Crippen molar-refractivity contribution in [1.82, 2.24) is 9.29 Å². The predicted molar refractivity (Wildman–Crippen MR) is 164 cm³/mol. The van der Waals surface area contributed by atoms with Crippen LogP contribution in [-0.4, -0.2) is 60.6 Å². The fourth-order valence-electron chi connectivity index (χ4n) is 4.08. The van der Waals surface area contributed by atoms with Crippen molar-refractivity contribution in [2.24, 2.45) is 0 Å². The Morgan fingerprint density at radius 3 is 2.32 bits per heavy atom. The molecular formula is C30H31N3O6S2. The summed E-state index contributed by atoms with van der Waals surface area (Å²) in [7, 11) is 0. The molecule has 9 nitrogen and oxygen atoms in total. The van der Waals surface area contributed by atoms with E-state index in [9.17, 15) is 14.4 Å². The van der Waals surface area contributed by atoms with Crippen LogP contribution in [0.1, 0.15) is 13.8 Å². The van der Waals surface area contributed by atoms with Crippen LogP contribution in [0, 0.1) is 0 Å². The molecule has 0 radical (unpaired) electrons. The van der Waals surface area contributed by atoms with Crippen LogP contribution in [-0.2, 0) is 19.1 Å². The Labute approximate surface area is 246 Å². The Bertz CT molecular complexity index is 1600. The van der Waals surface area contributed by atoms with E-state index in [4.69, 9.17) is 18.9 Å². The van der Waals surface area contributed by atoms with Crippen molar-refractivity contribution in [3.63, 3.8) is 0 Å². The first-order valence-electron chi connectivity index (χ1n) is 13.1. The number of ether oxygens (including phenoxy) is 2. The van der Waals surface area contributed by atoms with E-state index in [-0.39, 0.29) is 13.2 Å². The average Bonchev–Trinajstić information content (AvgIpc) is 3.40. The minimum atomic E-state index is -0.505. The van der Waals surface area contributed by atoms with Crippen molar-refractivity contribution in [2.45, 2.75) is 18.7 Å². The van der Waals surface area contributed by atoms with Crippen LogP contribution in [0.4, 0.5) is 5.69 Å². The molecule has 41 heavy (non-hydrogen) atoms. The van der Waals surface area contributed by atoms with Gasteiger partial charge in [0.05, 0.1) is 15.8 Å². The second-order valence-electron chi connectivity index (χ2n) is 8.75. The van der Waals surface area contributed by atoms with E-state index in [1.807, 2.05) is 46.8 Å². The highest BCUT2D eigenvalue weighted by molar-refractivity contribution is 7.97. The Morgan fingerprint density at radius 1 is 1.00 bits per heavy atom. The SMILES string of the molecule is C=CC(=O)OCCN(CCOC(=O)C=C)Sc1ccc2nc(-c3cc4ccc(N(CC)CC)cc4oc3=O)sc2c1. The number of nitrogens with zero attached hydrogens (tertiary/aromatic N) is 3. The maximum Gasteiger partial charge on any atom is 0.346 e. The van der Waals surface area contributed by atoms with E-state index < -0.39 is 17.6 Å². The van der Waals surface area contributed by atoms with Gasteiger partial charge < -0.3 is 18.8 Å². The maximum absolute atomic E-state index is 13.0. The summed E-state index contributed by atoms with van der Waals surface area (Å²) in [6, 6.07) is 13.5. The number of hydrogen-bond donors (Lipinski definition) is 0.